The molecule has 2 aromatic carbocycles. The van der Waals surface area contributed by atoms with E-state index >= 15 is 0 Å². The summed E-state index contributed by atoms with van der Waals surface area (Å²) in [5, 5.41) is 6.10. The molecule has 1 unspecified atom stereocenters. The van der Waals surface area contributed by atoms with Gasteiger partial charge in [-0.3, -0.25) is 9.59 Å². The van der Waals surface area contributed by atoms with Crippen LogP contribution in [-0.2, 0) is 27.2 Å². The third-order valence-corrected chi connectivity index (χ3v) is 4.35. The molecule has 2 aromatic rings. The van der Waals surface area contributed by atoms with Crippen molar-refractivity contribution >= 4 is 24.3 Å². The molecule has 152 valence electrons. The summed E-state index contributed by atoms with van der Waals surface area (Å²) in [6.07, 6.45) is 2.53. The molecule has 0 saturated carbocycles. The first-order valence-electron chi connectivity index (χ1n) is 9.32. The van der Waals surface area contributed by atoms with Crippen LogP contribution in [0.4, 0.5) is 0 Å². The Kier molecular flexibility index (Phi) is 11.6. The third kappa shape index (κ3) is 9.53. The number of benzene rings is 2. The first kappa shape index (κ1) is 23.7. The van der Waals surface area contributed by atoms with Gasteiger partial charge in [0.15, 0.2) is 0 Å². The van der Waals surface area contributed by atoms with Crippen LogP contribution in [0, 0.1) is 0 Å². The summed E-state index contributed by atoms with van der Waals surface area (Å²) in [4.78, 5) is 23.9. The van der Waals surface area contributed by atoms with E-state index in [-0.39, 0.29) is 43.3 Å². The summed E-state index contributed by atoms with van der Waals surface area (Å²) in [6, 6.07) is 19.9. The summed E-state index contributed by atoms with van der Waals surface area (Å²) in [6.45, 7) is 0.957. The van der Waals surface area contributed by atoms with Gasteiger partial charge >= 0.3 is 5.97 Å². The van der Waals surface area contributed by atoms with Crippen molar-refractivity contribution in [1.29, 1.82) is 0 Å². The van der Waals surface area contributed by atoms with Gasteiger partial charge in [-0.15, -0.1) is 12.4 Å². The Hall–Kier alpha value is -2.37. The van der Waals surface area contributed by atoms with E-state index in [2.05, 4.69) is 22.8 Å². The van der Waals surface area contributed by atoms with Crippen molar-refractivity contribution in [3.63, 3.8) is 0 Å². The normalized spacial score (nSPS) is 11.2. The quantitative estimate of drug-likeness (QED) is 0.446. The average Bonchev–Trinajstić information content (AvgIpc) is 2.71. The standard InChI is InChI=1S/C22H28N2O3.ClH/c1-27-22(26)16-20(13-12-18-8-4-2-5-9-18)24-21(25)17-23-15-14-19-10-6-3-7-11-19;/h2-11,20,23H,12-17H2,1H3,(H,24,25);1H. The number of carbonyl (C=O) groups is 2. The molecule has 0 saturated heterocycles. The summed E-state index contributed by atoms with van der Waals surface area (Å²) in [7, 11) is 1.36. The first-order valence-corrected chi connectivity index (χ1v) is 9.32. The van der Waals surface area contributed by atoms with Gasteiger partial charge in [0.2, 0.25) is 5.91 Å². The monoisotopic (exact) mass is 404 g/mol. The molecule has 0 aliphatic rings. The van der Waals surface area contributed by atoms with Crippen molar-refractivity contribution in [3.8, 4) is 0 Å². The van der Waals surface area contributed by atoms with Gasteiger partial charge in [-0.05, 0) is 36.9 Å². The molecular weight excluding hydrogens is 376 g/mol. The predicted octanol–water partition coefficient (Wildman–Crippen LogP) is 2.92. The lowest BCUT2D eigenvalue weighted by Gasteiger charge is -2.18. The molecule has 0 bridgehead atoms. The molecule has 28 heavy (non-hydrogen) atoms. The number of aryl methyl sites for hydroxylation is 1. The van der Waals surface area contributed by atoms with Crippen molar-refractivity contribution in [1.82, 2.24) is 10.6 Å². The van der Waals surface area contributed by atoms with E-state index in [0.29, 0.717) is 6.42 Å². The maximum atomic E-state index is 12.2. The smallest absolute Gasteiger partial charge is 0.307 e. The number of rotatable bonds is 11. The van der Waals surface area contributed by atoms with Crippen LogP contribution >= 0.6 is 12.4 Å². The minimum absolute atomic E-state index is 0. The first-order chi connectivity index (χ1) is 13.2. The SMILES string of the molecule is COC(=O)CC(CCc1ccccc1)NC(=O)CNCCc1ccccc1.Cl. The van der Waals surface area contributed by atoms with Crippen LogP contribution in [0.15, 0.2) is 60.7 Å². The lowest BCUT2D eigenvalue weighted by molar-refractivity contribution is -0.141. The molecule has 0 heterocycles. The fourth-order valence-electron chi connectivity index (χ4n) is 2.85. The van der Waals surface area contributed by atoms with Gasteiger partial charge in [-0.2, -0.15) is 0 Å². The summed E-state index contributed by atoms with van der Waals surface area (Å²) in [5.41, 5.74) is 2.42. The van der Waals surface area contributed by atoms with Crippen molar-refractivity contribution in [2.45, 2.75) is 31.7 Å². The van der Waals surface area contributed by atoms with Gasteiger partial charge in [0.1, 0.15) is 0 Å². The number of hydrogen-bond acceptors (Lipinski definition) is 4. The highest BCUT2D eigenvalue weighted by molar-refractivity contribution is 5.85. The van der Waals surface area contributed by atoms with Crippen LogP contribution in [0.1, 0.15) is 24.0 Å². The van der Waals surface area contributed by atoms with Crippen molar-refractivity contribution in [2.75, 3.05) is 20.2 Å². The number of halogens is 1. The zero-order valence-corrected chi connectivity index (χ0v) is 17.0. The molecule has 6 heteroatoms. The molecule has 1 atom stereocenters. The van der Waals surface area contributed by atoms with Crippen LogP contribution in [0.25, 0.3) is 0 Å². The van der Waals surface area contributed by atoms with E-state index in [4.69, 9.17) is 4.74 Å². The lowest BCUT2D eigenvalue weighted by Crippen LogP contribution is -2.42. The fraction of sp³-hybridized carbons (Fsp3) is 0.364. The van der Waals surface area contributed by atoms with Gasteiger partial charge < -0.3 is 15.4 Å². The molecule has 1 amide bonds. The van der Waals surface area contributed by atoms with E-state index < -0.39 is 0 Å². The summed E-state index contributed by atoms with van der Waals surface area (Å²) < 4.78 is 4.76. The third-order valence-electron chi connectivity index (χ3n) is 4.35. The van der Waals surface area contributed by atoms with E-state index in [0.717, 1.165) is 19.4 Å². The maximum absolute atomic E-state index is 12.2. The minimum atomic E-state index is -0.314. The second kappa shape index (κ2) is 13.7. The molecule has 2 N–H and O–H groups in total. The Morgan fingerprint density at radius 2 is 1.50 bits per heavy atom. The zero-order chi connectivity index (χ0) is 19.3. The van der Waals surface area contributed by atoms with Gasteiger partial charge in [0, 0.05) is 6.04 Å². The Labute approximate surface area is 173 Å². The maximum Gasteiger partial charge on any atom is 0.307 e. The number of hydrogen-bond donors (Lipinski definition) is 2. The van der Waals surface area contributed by atoms with Crippen molar-refractivity contribution in [3.05, 3.63) is 71.8 Å². The summed E-state index contributed by atoms with van der Waals surface area (Å²) >= 11 is 0. The Balaban J connectivity index is 0.00000392. The fourth-order valence-corrected chi connectivity index (χ4v) is 2.85. The van der Waals surface area contributed by atoms with E-state index in [1.54, 1.807) is 0 Å². The van der Waals surface area contributed by atoms with Crippen LogP contribution in [0.5, 0.6) is 0 Å². The topological polar surface area (TPSA) is 67.4 Å². The van der Waals surface area contributed by atoms with Crippen molar-refractivity contribution < 1.29 is 14.3 Å². The van der Waals surface area contributed by atoms with Crippen LogP contribution in [-0.4, -0.2) is 38.1 Å². The highest BCUT2D eigenvalue weighted by Gasteiger charge is 2.16. The number of nitrogens with one attached hydrogen (secondary N) is 2. The number of amides is 1. The van der Waals surface area contributed by atoms with E-state index in [9.17, 15) is 9.59 Å². The Bertz CT molecular complexity index is 695. The molecule has 0 aromatic heterocycles. The molecule has 0 radical (unpaired) electrons. The highest BCUT2D eigenvalue weighted by atomic mass is 35.5. The Morgan fingerprint density at radius 3 is 2.07 bits per heavy atom. The Morgan fingerprint density at radius 1 is 0.929 bits per heavy atom. The van der Waals surface area contributed by atoms with Gasteiger partial charge in [0.05, 0.1) is 20.1 Å². The number of methoxy groups -OCH3 is 1. The van der Waals surface area contributed by atoms with Gasteiger partial charge in [0.25, 0.3) is 0 Å². The molecular formula is C22H29ClN2O3. The molecule has 0 fully saturated rings. The van der Waals surface area contributed by atoms with E-state index in [1.807, 2.05) is 48.5 Å². The second-order valence-corrected chi connectivity index (χ2v) is 6.48. The van der Waals surface area contributed by atoms with E-state index in [1.165, 1.54) is 18.2 Å². The van der Waals surface area contributed by atoms with Crippen LogP contribution < -0.4 is 10.6 Å². The van der Waals surface area contributed by atoms with Gasteiger partial charge in [-0.1, -0.05) is 60.7 Å². The average molecular weight is 405 g/mol. The summed E-state index contributed by atoms with van der Waals surface area (Å²) in [5.74, 6) is -0.421. The lowest BCUT2D eigenvalue weighted by atomic mass is 10.0. The highest BCUT2D eigenvalue weighted by Crippen LogP contribution is 2.08. The number of ether oxygens (including phenoxy) is 1. The predicted molar refractivity (Wildman–Crippen MR) is 114 cm³/mol. The van der Waals surface area contributed by atoms with Gasteiger partial charge in [-0.25, -0.2) is 0 Å². The van der Waals surface area contributed by atoms with Crippen LogP contribution in [0.3, 0.4) is 0 Å². The number of esters is 1. The molecule has 0 spiro atoms. The molecule has 5 nitrogen and oxygen atoms in total. The molecule has 0 aliphatic heterocycles. The number of carbonyl (C=O) groups excluding carboxylic acids is 2. The van der Waals surface area contributed by atoms with Crippen LogP contribution in [0.2, 0.25) is 0 Å². The zero-order valence-electron chi connectivity index (χ0n) is 16.2. The largest absolute Gasteiger partial charge is 0.469 e. The molecule has 0 aliphatic carbocycles. The minimum Gasteiger partial charge on any atom is -0.469 e. The molecule has 2 rings (SSSR count). The second-order valence-electron chi connectivity index (χ2n) is 6.48. The van der Waals surface area contributed by atoms with Crippen molar-refractivity contribution in [2.24, 2.45) is 0 Å².